The molecule has 10 nitrogen and oxygen atoms in total. The van der Waals surface area contributed by atoms with Gasteiger partial charge < -0.3 is 24.3 Å². The van der Waals surface area contributed by atoms with E-state index in [9.17, 15) is 14.7 Å². The Balaban J connectivity index is 0.00000117. The molecule has 0 saturated carbocycles. The van der Waals surface area contributed by atoms with Crippen molar-refractivity contribution in [1.29, 1.82) is 0 Å². The molecule has 29 heavy (non-hydrogen) atoms. The number of nitrogens with one attached hydrogen (secondary N) is 1. The third kappa shape index (κ3) is 4.22. The van der Waals surface area contributed by atoms with E-state index in [1.165, 1.54) is 0 Å². The van der Waals surface area contributed by atoms with E-state index in [-0.39, 0.29) is 31.1 Å². The van der Waals surface area contributed by atoms with E-state index in [1.807, 2.05) is 13.8 Å². The van der Waals surface area contributed by atoms with E-state index in [4.69, 9.17) is 14.6 Å². The molecule has 1 atom stereocenters. The van der Waals surface area contributed by atoms with Crippen molar-refractivity contribution in [1.82, 2.24) is 19.5 Å². The van der Waals surface area contributed by atoms with Crippen molar-refractivity contribution in [3.63, 3.8) is 0 Å². The van der Waals surface area contributed by atoms with Gasteiger partial charge in [-0.1, -0.05) is 13.8 Å². The van der Waals surface area contributed by atoms with Gasteiger partial charge in [0, 0.05) is 25.3 Å². The third-order valence-corrected chi connectivity index (χ3v) is 4.42. The van der Waals surface area contributed by atoms with Gasteiger partial charge in [0.05, 0.1) is 17.1 Å². The van der Waals surface area contributed by atoms with Gasteiger partial charge in [-0.25, -0.2) is 9.78 Å². The average molecular weight is 404 g/mol. The second-order valence-electron chi connectivity index (χ2n) is 6.25. The van der Waals surface area contributed by atoms with Crippen molar-refractivity contribution in [3.05, 3.63) is 33.0 Å². The lowest BCUT2D eigenvalue weighted by atomic mass is 10.1. The molecule has 1 aromatic rings. The standard InChI is InChI=1S/C17H18N4O6.C2H6/c22-4-2-9(23)1-3-21-11-8-13-12(26-5-6-27-13)7-10(11)18-14-15(21)19-17(25)20-16(14)24;1-2/h7-9,22-23H,1-6H2,(H,20,24,25);1-2H3. The Kier molecular flexibility index (Phi) is 6.45. The summed E-state index contributed by atoms with van der Waals surface area (Å²) in [6.07, 6.45) is -0.197. The Morgan fingerprint density at radius 2 is 1.83 bits per heavy atom. The van der Waals surface area contributed by atoms with Crippen molar-refractivity contribution in [2.75, 3.05) is 19.8 Å². The first-order valence-electron chi connectivity index (χ1n) is 9.60. The molecule has 3 aliphatic rings. The number of H-pyrrole nitrogens is 1. The smallest absolute Gasteiger partial charge is 0.349 e. The summed E-state index contributed by atoms with van der Waals surface area (Å²) >= 11 is 0. The van der Waals surface area contributed by atoms with Crippen LogP contribution in [0.2, 0.25) is 0 Å². The number of aliphatic hydroxyl groups is 2. The highest BCUT2D eigenvalue weighted by Crippen LogP contribution is 2.35. The summed E-state index contributed by atoms with van der Waals surface area (Å²) in [5.74, 6) is 1.19. The molecule has 0 fully saturated rings. The number of aromatic nitrogens is 4. The van der Waals surface area contributed by atoms with Gasteiger partial charge in [0.2, 0.25) is 0 Å². The molecule has 1 unspecified atom stereocenters. The number of aromatic amines is 1. The SMILES string of the molecule is CC.O=c1nc2n(CCC(O)CCO)c3cc4c(cc3nc-2c(=O)[nH]1)OCCO4. The fourth-order valence-corrected chi connectivity index (χ4v) is 3.13. The molecular weight excluding hydrogens is 380 g/mol. The molecule has 0 aromatic heterocycles. The number of aryl methyl sites for hydroxylation is 1. The highest BCUT2D eigenvalue weighted by Gasteiger charge is 2.22. The van der Waals surface area contributed by atoms with E-state index in [1.54, 1.807) is 16.7 Å². The normalized spacial score (nSPS) is 13.8. The molecule has 1 aromatic carbocycles. The van der Waals surface area contributed by atoms with Crippen LogP contribution in [-0.2, 0) is 6.54 Å². The van der Waals surface area contributed by atoms with Crippen LogP contribution in [0.3, 0.4) is 0 Å². The maximum atomic E-state index is 12.2. The first-order chi connectivity index (χ1) is 14.1. The maximum Gasteiger partial charge on any atom is 0.349 e. The Morgan fingerprint density at radius 3 is 2.52 bits per heavy atom. The minimum Gasteiger partial charge on any atom is -0.486 e. The second kappa shape index (κ2) is 9.01. The van der Waals surface area contributed by atoms with Crippen molar-refractivity contribution in [2.45, 2.75) is 39.3 Å². The van der Waals surface area contributed by atoms with Crippen LogP contribution in [0.25, 0.3) is 22.6 Å². The van der Waals surface area contributed by atoms with Crippen molar-refractivity contribution in [2.24, 2.45) is 0 Å². The maximum absolute atomic E-state index is 12.2. The van der Waals surface area contributed by atoms with Crippen LogP contribution in [-0.4, -0.2) is 55.7 Å². The van der Waals surface area contributed by atoms with Crippen molar-refractivity contribution >= 4 is 11.0 Å². The fourth-order valence-electron chi connectivity index (χ4n) is 3.13. The molecule has 3 heterocycles. The lowest BCUT2D eigenvalue weighted by molar-refractivity contribution is 0.121. The number of ether oxygens (including phenoxy) is 2. The molecular formula is C19H24N4O6. The highest BCUT2D eigenvalue weighted by molar-refractivity contribution is 5.83. The van der Waals surface area contributed by atoms with Gasteiger partial charge in [0.1, 0.15) is 13.2 Å². The van der Waals surface area contributed by atoms with Gasteiger partial charge in [0.15, 0.2) is 23.0 Å². The fraction of sp³-hybridized carbons (Fsp3) is 0.474. The van der Waals surface area contributed by atoms with Crippen LogP contribution in [0.5, 0.6) is 11.5 Å². The molecule has 0 radical (unpaired) electrons. The predicted octanol–water partition coefficient (Wildman–Crippen LogP) is 0.515. The van der Waals surface area contributed by atoms with Crippen LogP contribution in [0.1, 0.15) is 26.7 Å². The molecule has 0 saturated heterocycles. The monoisotopic (exact) mass is 404 g/mol. The summed E-state index contributed by atoms with van der Waals surface area (Å²) in [6.45, 7) is 4.97. The lowest BCUT2D eigenvalue weighted by Gasteiger charge is -2.22. The number of hydrogen-bond acceptors (Lipinski definition) is 8. The zero-order valence-electron chi connectivity index (χ0n) is 16.3. The quantitative estimate of drug-likeness (QED) is 0.523. The number of hydrogen-bond donors (Lipinski definition) is 3. The minimum absolute atomic E-state index is 0.0235. The van der Waals surface area contributed by atoms with Crippen LogP contribution >= 0.6 is 0 Å². The number of rotatable bonds is 5. The van der Waals surface area contributed by atoms with Gasteiger partial charge in [-0.2, -0.15) is 4.98 Å². The molecule has 0 amide bonds. The van der Waals surface area contributed by atoms with E-state index in [0.717, 1.165) is 0 Å². The summed E-state index contributed by atoms with van der Waals surface area (Å²) in [6, 6.07) is 3.40. The summed E-state index contributed by atoms with van der Waals surface area (Å²) in [5, 5.41) is 18.9. The van der Waals surface area contributed by atoms with E-state index in [0.29, 0.717) is 42.2 Å². The summed E-state index contributed by atoms with van der Waals surface area (Å²) in [4.78, 5) is 34.3. The van der Waals surface area contributed by atoms with Gasteiger partial charge in [-0.3, -0.25) is 9.78 Å². The van der Waals surface area contributed by atoms with Crippen molar-refractivity contribution in [3.8, 4) is 23.0 Å². The Morgan fingerprint density at radius 1 is 1.14 bits per heavy atom. The van der Waals surface area contributed by atoms with E-state index >= 15 is 0 Å². The number of fused-ring (bicyclic) bond motifs is 3. The predicted molar refractivity (Wildman–Crippen MR) is 106 cm³/mol. The number of benzene rings is 1. The van der Waals surface area contributed by atoms with Gasteiger partial charge in [0.25, 0.3) is 5.56 Å². The molecule has 0 aliphatic carbocycles. The van der Waals surface area contributed by atoms with Crippen LogP contribution in [0, 0.1) is 0 Å². The Bertz CT molecular complexity index is 1080. The molecule has 0 spiro atoms. The van der Waals surface area contributed by atoms with Crippen LogP contribution in [0.15, 0.2) is 21.7 Å². The van der Waals surface area contributed by atoms with Gasteiger partial charge >= 0.3 is 5.69 Å². The summed E-state index contributed by atoms with van der Waals surface area (Å²) in [7, 11) is 0. The topological polar surface area (TPSA) is 140 Å². The zero-order valence-corrected chi connectivity index (χ0v) is 16.3. The zero-order chi connectivity index (χ0) is 21.0. The average Bonchev–Trinajstić information content (AvgIpc) is 2.72. The first-order valence-corrected chi connectivity index (χ1v) is 9.60. The molecule has 4 rings (SSSR count). The van der Waals surface area contributed by atoms with Gasteiger partial charge in [-0.15, -0.1) is 0 Å². The highest BCUT2D eigenvalue weighted by atomic mass is 16.6. The minimum atomic E-state index is -0.768. The molecule has 156 valence electrons. The largest absolute Gasteiger partial charge is 0.486 e. The lowest BCUT2D eigenvalue weighted by Crippen LogP contribution is -2.29. The first kappa shape index (κ1) is 20.7. The van der Waals surface area contributed by atoms with Gasteiger partial charge in [-0.05, 0) is 12.8 Å². The second-order valence-corrected chi connectivity index (χ2v) is 6.25. The molecule has 10 heteroatoms. The molecule has 3 N–H and O–H groups in total. The van der Waals surface area contributed by atoms with E-state index < -0.39 is 17.4 Å². The van der Waals surface area contributed by atoms with Crippen LogP contribution in [0.4, 0.5) is 0 Å². The van der Waals surface area contributed by atoms with Crippen molar-refractivity contribution < 1.29 is 19.7 Å². The summed E-state index contributed by atoms with van der Waals surface area (Å²) < 4.78 is 12.8. The third-order valence-electron chi connectivity index (χ3n) is 4.42. The van der Waals surface area contributed by atoms with E-state index in [2.05, 4.69) is 15.0 Å². The number of aliphatic hydroxyl groups excluding tert-OH is 2. The van der Waals surface area contributed by atoms with Crippen LogP contribution < -0.4 is 20.7 Å². The molecule has 0 bridgehead atoms. The molecule has 3 aliphatic heterocycles. The Hall–Kier alpha value is -2.98. The summed E-state index contributed by atoms with van der Waals surface area (Å²) in [5.41, 5.74) is -0.299. The number of nitrogens with zero attached hydrogens (tertiary/aromatic N) is 3. The Labute approximate surface area is 166 Å².